The molecule has 6 heteroatoms. The van der Waals surface area contributed by atoms with Crippen molar-refractivity contribution in [2.24, 2.45) is 22.7 Å². The molecule has 2 unspecified atom stereocenters. The molecule has 0 aliphatic carbocycles. The molecule has 0 radical (unpaired) electrons. The van der Waals surface area contributed by atoms with E-state index in [4.69, 9.17) is 9.47 Å². The summed E-state index contributed by atoms with van der Waals surface area (Å²) in [5.74, 6) is 0.121. The van der Waals surface area contributed by atoms with Crippen LogP contribution in [0.1, 0.15) is 39.7 Å². The van der Waals surface area contributed by atoms with Gasteiger partial charge in [-0.05, 0) is 42.4 Å². The Morgan fingerprint density at radius 3 is 2.54 bits per heavy atom. The molecule has 0 fully saturated rings. The van der Waals surface area contributed by atoms with E-state index in [1.807, 2.05) is 32.1 Å². The molecule has 0 aromatic heterocycles. The van der Waals surface area contributed by atoms with Crippen LogP contribution in [0.25, 0.3) is 0 Å². The number of methoxy groups -OCH3 is 1. The first-order valence-corrected chi connectivity index (χ1v) is 9.69. The smallest absolute Gasteiger partial charge is 0.334 e. The Balaban J connectivity index is 2.10. The highest BCUT2D eigenvalue weighted by molar-refractivity contribution is 5.96. The third-order valence-corrected chi connectivity index (χ3v) is 4.49. The Labute approximate surface area is 167 Å². The zero-order valence-electron chi connectivity index (χ0n) is 17.3. The van der Waals surface area contributed by atoms with Gasteiger partial charge in [-0.15, -0.1) is 0 Å². The summed E-state index contributed by atoms with van der Waals surface area (Å²) in [6.45, 7) is 8.01. The lowest BCUT2D eigenvalue weighted by atomic mass is 10.0. The molecule has 2 atom stereocenters. The minimum Gasteiger partial charge on any atom is -0.493 e. The summed E-state index contributed by atoms with van der Waals surface area (Å²) in [7, 11) is 1.55. The predicted molar refractivity (Wildman–Crippen MR) is 110 cm³/mol. The van der Waals surface area contributed by atoms with E-state index in [0.717, 1.165) is 12.0 Å². The summed E-state index contributed by atoms with van der Waals surface area (Å²) in [5.41, 5.74) is 1.12. The highest BCUT2D eigenvalue weighted by Crippen LogP contribution is 2.29. The maximum atomic E-state index is 12.8. The largest absolute Gasteiger partial charge is 0.493 e. The lowest BCUT2D eigenvalue weighted by molar-refractivity contribution is -0.141. The summed E-state index contributed by atoms with van der Waals surface area (Å²) in [6.07, 6.45) is 6.56. The first-order chi connectivity index (χ1) is 13.3. The Morgan fingerprint density at radius 1 is 1.21 bits per heavy atom. The Kier molecular flexibility index (Phi) is 7.79. The van der Waals surface area contributed by atoms with Crippen LogP contribution in [-0.4, -0.2) is 31.2 Å². The number of amides is 1. The van der Waals surface area contributed by atoms with E-state index in [2.05, 4.69) is 24.2 Å². The molecule has 152 valence electrons. The van der Waals surface area contributed by atoms with E-state index < -0.39 is 12.0 Å². The van der Waals surface area contributed by atoms with Crippen molar-refractivity contribution in [2.75, 3.05) is 7.11 Å². The minimum absolute atomic E-state index is 0.126. The van der Waals surface area contributed by atoms with E-state index in [0.29, 0.717) is 23.8 Å². The van der Waals surface area contributed by atoms with Crippen molar-refractivity contribution in [2.45, 2.75) is 46.6 Å². The van der Waals surface area contributed by atoms with Crippen LogP contribution in [0.3, 0.4) is 0 Å². The normalized spacial score (nSPS) is 16.9. The van der Waals surface area contributed by atoms with Gasteiger partial charge in [-0.25, -0.2) is 4.79 Å². The fourth-order valence-electron chi connectivity index (χ4n) is 2.98. The van der Waals surface area contributed by atoms with Crippen molar-refractivity contribution in [1.29, 1.82) is 0 Å². The SMILES string of the molecule is COc1cc(CC(C)C)ccc1OC(=O)C(NC(=O)C1C=NC=CC1)C(C)C. The van der Waals surface area contributed by atoms with Crippen LogP contribution in [0.5, 0.6) is 11.5 Å². The van der Waals surface area contributed by atoms with Gasteiger partial charge in [0.1, 0.15) is 6.04 Å². The molecular weight excluding hydrogens is 356 g/mol. The lowest BCUT2D eigenvalue weighted by Gasteiger charge is -2.23. The van der Waals surface area contributed by atoms with Gasteiger partial charge in [0.2, 0.25) is 5.91 Å². The Hall–Kier alpha value is -2.63. The highest BCUT2D eigenvalue weighted by atomic mass is 16.6. The fourth-order valence-corrected chi connectivity index (χ4v) is 2.98. The van der Waals surface area contributed by atoms with Crippen LogP contribution < -0.4 is 14.8 Å². The van der Waals surface area contributed by atoms with Crippen molar-refractivity contribution in [1.82, 2.24) is 5.32 Å². The van der Waals surface area contributed by atoms with Crippen LogP contribution in [0, 0.1) is 17.8 Å². The summed E-state index contributed by atoms with van der Waals surface area (Å²) in [5, 5.41) is 2.80. The van der Waals surface area contributed by atoms with Crippen molar-refractivity contribution < 1.29 is 19.1 Å². The molecule has 2 rings (SSSR count). The average molecular weight is 386 g/mol. The van der Waals surface area contributed by atoms with Gasteiger partial charge in [0, 0.05) is 12.4 Å². The number of aliphatic imine (C=N–C) groups is 1. The average Bonchev–Trinajstić information content (AvgIpc) is 2.66. The van der Waals surface area contributed by atoms with Gasteiger partial charge in [-0.2, -0.15) is 0 Å². The highest BCUT2D eigenvalue weighted by Gasteiger charge is 2.29. The van der Waals surface area contributed by atoms with E-state index >= 15 is 0 Å². The molecule has 1 aliphatic rings. The van der Waals surface area contributed by atoms with Gasteiger partial charge >= 0.3 is 5.97 Å². The van der Waals surface area contributed by atoms with Crippen molar-refractivity contribution in [3.8, 4) is 11.5 Å². The number of rotatable bonds is 8. The summed E-state index contributed by atoms with van der Waals surface area (Å²) in [6, 6.07) is 4.80. The van der Waals surface area contributed by atoms with Gasteiger partial charge in [-0.3, -0.25) is 9.79 Å². The number of hydrogen-bond acceptors (Lipinski definition) is 5. The molecular formula is C22H30N2O4. The molecule has 0 saturated heterocycles. The molecule has 0 bridgehead atoms. The zero-order chi connectivity index (χ0) is 20.7. The molecule has 28 heavy (non-hydrogen) atoms. The second-order valence-electron chi connectivity index (χ2n) is 7.76. The summed E-state index contributed by atoms with van der Waals surface area (Å²) >= 11 is 0. The summed E-state index contributed by atoms with van der Waals surface area (Å²) < 4.78 is 11.0. The molecule has 1 aromatic carbocycles. The molecule has 1 aliphatic heterocycles. The molecule has 0 spiro atoms. The number of nitrogens with one attached hydrogen (secondary N) is 1. The standard InChI is InChI=1S/C22H30N2O4/c1-14(2)11-16-8-9-18(19(12-16)27-5)28-22(26)20(15(3)4)24-21(25)17-7-6-10-23-13-17/h6,8-10,12-15,17,20H,7,11H2,1-5H3,(H,24,25). The zero-order valence-corrected chi connectivity index (χ0v) is 17.3. The number of hydrogen-bond donors (Lipinski definition) is 1. The predicted octanol–water partition coefficient (Wildman–Crippen LogP) is 3.54. The van der Waals surface area contributed by atoms with Crippen molar-refractivity contribution in [3.05, 3.63) is 36.0 Å². The summed E-state index contributed by atoms with van der Waals surface area (Å²) in [4.78, 5) is 29.2. The van der Waals surface area contributed by atoms with Gasteiger partial charge in [0.25, 0.3) is 0 Å². The van der Waals surface area contributed by atoms with E-state index in [9.17, 15) is 9.59 Å². The molecule has 0 saturated carbocycles. The van der Waals surface area contributed by atoms with E-state index in [1.165, 1.54) is 0 Å². The van der Waals surface area contributed by atoms with Crippen molar-refractivity contribution >= 4 is 18.1 Å². The molecule has 1 N–H and O–H groups in total. The minimum atomic E-state index is -0.758. The van der Waals surface area contributed by atoms with Gasteiger partial charge < -0.3 is 14.8 Å². The molecule has 1 aromatic rings. The van der Waals surface area contributed by atoms with Crippen LogP contribution >= 0.6 is 0 Å². The first kappa shape index (κ1) is 21.7. The van der Waals surface area contributed by atoms with Crippen LogP contribution in [0.15, 0.2) is 35.5 Å². The lowest BCUT2D eigenvalue weighted by Crippen LogP contribution is -2.48. The number of esters is 1. The molecule has 6 nitrogen and oxygen atoms in total. The van der Waals surface area contributed by atoms with Gasteiger partial charge in [-0.1, -0.05) is 39.8 Å². The molecule has 1 heterocycles. The topological polar surface area (TPSA) is 77.0 Å². The van der Waals surface area contributed by atoms with Gasteiger partial charge in [0.15, 0.2) is 11.5 Å². The van der Waals surface area contributed by atoms with E-state index in [-0.39, 0.29) is 17.7 Å². The van der Waals surface area contributed by atoms with Crippen LogP contribution in [0.4, 0.5) is 0 Å². The van der Waals surface area contributed by atoms with Crippen LogP contribution in [-0.2, 0) is 16.0 Å². The number of benzene rings is 1. The third-order valence-electron chi connectivity index (χ3n) is 4.49. The quantitative estimate of drug-likeness (QED) is 0.548. The third kappa shape index (κ3) is 5.94. The van der Waals surface area contributed by atoms with Gasteiger partial charge in [0.05, 0.1) is 13.0 Å². The van der Waals surface area contributed by atoms with Crippen LogP contribution in [0.2, 0.25) is 0 Å². The maximum Gasteiger partial charge on any atom is 0.334 e. The number of allylic oxidation sites excluding steroid dienone is 1. The first-order valence-electron chi connectivity index (χ1n) is 9.69. The number of carbonyl (C=O) groups is 2. The second-order valence-corrected chi connectivity index (χ2v) is 7.76. The monoisotopic (exact) mass is 386 g/mol. The number of carbonyl (C=O) groups excluding carboxylic acids is 2. The van der Waals surface area contributed by atoms with E-state index in [1.54, 1.807) is 25.6 Å². The Morgan fingerprint density at radius 2 is 1.96 bits per heavy atom. The molecule has 1 amide bonds. The number of ether oxygens (including phenoxy) is 2. The Bertz CT molecular complexity index is 753. The number of nitrogens with zero attached hydrogens (tertiary/aromatic N) is 1. The fraction of sp³-hybridized carbons (Fsp3) is 0.500. The maximum absolute atomic E-state index is 12.8. The van der Waals surface area contributed by atoms with Crippen molar-refractivity contribution in [3.63, 3.8) is 0 Å². The second kappa shape index (κ2) is 10.1.